The van der Waals surface area contributed by atoms with E-state index in [1.165, 1.54) is 49.4 Å². The largest absolute Gasteiger partial charge is 0.461 e. The quantitative estimate of drug-likeness (QED) is 0.160. The maximum atomic E-state index is 13.8. The Labute approximate surface area is 215 Å². The molecule has 0 saturated heterocycles. The maximum Gasteiger partial charge on any atom is 0.289 e. The molecule has 0 bridgehead atoms. The smallest absolute Gasteiger partial charge is 0.289 e. The van der Waals surface area contributed by atoms with Gasteiger partial charge in [-0.3, -0.25) is 19.7 Å². The number of Topliss-reactive ketones (excluding diaryl/α,β-unsaturated/α-hetero) is 1. The first-order valence-electron chi connectivity index (χ1n) is 10.2. The number of nitrogens with zero attached hydrogens (tertiary/aromatic N) is 2. The molecule has 12 heteroatoms. The highest BCUT2D eigenvalue weighted by Gasteiger charge is 2.34. The van der Waals surface area contributed by atoms with Crippen molar-refractivity contribution in [2.24, 2.45) is 0 Å². The van der Waals surface area contributed by atoms with Crippen LogP contribution in [-0.4, -0.2) is 25.0 Å². The van der Waals surface area contributed by atoms with Gasteiger partial charge in [0.05, 0.1) is 21.1 Å². The highest BCUT2D eigenvalue weighted by atomic mass is 35.5. The minimum Gasteiger partial charge on any atom is -0.461 e. The summed E-state index contributed by atoms with van der Waals surface area (Å²) in [5.41, 5.74) is -0.202. The topological polar surface area (TPSA) is 128 Å². The number of carbonyl (C=O) groups is 2. The van der Waals surface area contributed by atoms with E-state index >= 15 is 0 Å². The normalized spacial score (nSPS) is 11.4. The van der Waals surface area contributed by atoms with E-state index in [1.807, 2.05) is 0 Å². The highest BCUT2D eigenvalue weighted by molar-refractivity contribution is 7.93. The van der Waals surface area contributed by atoms with Crippen LogP contribution in [0, 0.1) is 17.0 Å². The van der Waals surface area contributed by atoms with Crippen LogP contribution in [-0.2, 0) is 10.0 Å². The Bertz CT molecular complexity index is 1660. The zero-order chi connectivity index (χ0) is 26.4. The lowest BCUT2D eigenvalue weighted by molar-refractivity contribution is -0.384. The first-order chi connectivity index (χ1) is 16.9. The number of anilines is 1. The molecule has 9 nitrogen and oxygen atoms in total. The molecule has 0 N–H and O–H groups in total. The van der Waals surface area contributed by atoms with Crippen LogP contribution in [0.1, 0.15) is 33.4 Å². The lowest BCUT2D eigenvalue weighted by Gasteiger charge is -2.23. The van der Waals surface area contributed by atoms with E-state index < -0.39 is 31.4 Å². The summed E-state index contributed by atoms with van der Waals surface area (Å²) in [6, 6.07) is 12.6. The molecule has 0 fully saturated rings. The zero-order valence-corrected chi connectivity index (χ0v) is 21.0. The second kappa shape index (κ2) is 9.38. The van der Waals surface area contributed by atoms with Gasteiger partial charge in [-0.25, -0.2) is 8.42 Å². The van der Waals surface area contributed by atoms with Crippen LogP contribution in [0.2, 0.25) is 10.0 Å². The summed E-state index contributed by atoms with van der Waals surface area (Å²) in [6.07, 6.45) is 0. The Morgan fingerprint density at radius 1 is 1.00 bits per heavy atom. The first kappa shape index (κ1) is 25.4. The molecule has 0 aliphatic rings. The molecule has 3 aromatic carbocycles. The third kappa shape index (κ3) is 4.46. The average Bonchev–Trinajstić information content (AvgIpc) is 3.14. The summed E-state index contributed by atoms with van der Waals surface area (Å²) in [7, 11) is -4.71. The number of carbonyl (C=O) groups excluding carboxylic acids is 2. The molecule has 36 heavy (non-hydrogen) atoms. The molecule has 1 amide bonds. The van der Waals surface area contributed by atoms with Crippen LogP contribution in [0.25, 0.3) is 11.0 Å². The van der Waals surface area contributed by atoms with Gasteiger partial charge in [0.25, 0.3) is 21.6 Å². The Kier molecular flexibility index (Phi) is 6.61. The van der Waals surface area contributed by atoms with Crippen LogP contribution in [0.5, 0.6) is 0 Å². The predicted molar refractivity (Wildman–Crippen MR) is 135 cm³/mol. The van der Waals surface area contributed by atoms with Crippen molar-refractivity contribution in [1.29, 1.82) is 0 Å². The Hall–Kier alpha value is -3.73. The van der Waals surface area contributed by atoms with Crippen molar-refractivity contribution in [3.63, 3.8) is 0 Å². The van der Waals surface area contributed by atoms with E-state index in [9.17, 15) is 28.1 Å². The van der Waals surface area contributed by atoms with Crippen LogP contribution in [0.3, 0.4) is 0 Å². The van der Waals surface area contributed by atoms with E-state index in [1.54, 1.807) is 6.92 Å². The van der Waals surface area contributed by atoms with Crippen LogP contribution < -0.4 is 4.31 Å². The predicted octanol–water partition coefficient (Wildman–Crippen LogP) is 6.19. The van der Waals surface area contributed by atoms with Crippen molar-refractivity contribution in [3.8, 4) is 0 Å². The number of fused-ring (bicyclic) bond motifs is 1. The molecule has 4 aromatic rings. The van der Waals surface area contributed by atoms with Gasteiger partial charge in [0.15, 0.2) is 5.78 Å². The number of benzene rings is 3. The molecular weight excluding hydrogens is 531 g/mol. The number of halogens is 2. The van der Waals surface area contributed by atoms with Gasteiger partial charge in [-0.15, -0.1) is 0 Å². The molecule has 0 aliphatic carbocycles. The highest BCUT2D eigenvalue weighted by Crippen LogP contribution is 2.35. The summed E-state index contributed by atoms with van der Waals surface area (Å²) < 4.78 is 33.7. The van der Waals surface area contributed by atoms with Gasteiger partial charge < -0.3 is 4.42 Å². The summed E-state index contributed by atoms with van der Waals surface area (Å²) in [4.78, 5) is 35.8. The maximum absolute atomic E-state index is 13.8. The van der Waals surface area contributed by atoms with Crippen molar-refractivity contribution in [1.82, 2.24) is 0 Å². The van der Waals surface area contributed by atoms with Crippen molar-refractivity contribution in [3.05, 3.63) is 97.7 Å². The molecule has 0 saturated carbocycles. The molecule has 0 aliphatic heterocycles. The van der Waals surface area contributed by atoms with Crippen molar-refractivity contribution in [2.75, 3.05) is 4.31 Å². The number of sulfonamides is 1. The Morgan fingerprint density at radius 3 is 2.28 bits per heavy atom. The standard InChI is InChI=1S/C24H16Cl2N2O7S/c1-13(29)23-14(2)35-22-10-7-17(11-19(22)23)27(24(30)15-3-5-16(25)6-4-15)36(33,34)18-8-9-20(26)21(12-18)28(31)32/h3-12H,1-2H3. The number of amides is 1. The lowest BCUT2D eigenvalue weighted by Crippen LogP contribution is -2.37. The number of rotatable bonds is 6. The van der Waals surface area contributed by atoms with E-state index in [2.05, 4.69) is 0 Å². The van der Waals surface area contributed by atoms with Crippen molar-refractivity contribution < 1.29 is 27.3 Å². The molecule has 184 valence electrons. The molecule has 0 radical (unpaired) electrons. The number of nitro benzene ring substituents is 1. The van der Waals surface area contributed by atoms with E-state index in [-0.39, 0.29) is 27.6 Å². The van der Waals surface area contributed by atoms with E-state index in [0.29, 0.717) is 26.1 Å². The van der Waals surface area contributed by atoms with Gasteiger partial charge >= 0.3 is 0 Å². The SMILES string of the molecule is CC(=O)c1c(C)oc2ccc(N(C(=O)c3ccc(Cl)cc3)S(=O)(=O)c3ccc(Cl)c([N+](=O)[O-])c3)cc12. The van der Waals surface area contributed by atoms with Crippen molar-refractivity contribution >= 4 is 67.3 Å². The summed E-state index contributed by atoms with van der Waals surface area (Å²) in [6.45, 7) is 2.93. The van der Waals surface area contributed by atoms with Gasteiger partial charge in [-0.2, -0.15) is 4.31 Å². The van der Waals surface area contributed by atoms with Gasteiger partial charge in [-0.05, 0) is 68.4 Å². The molecule has 0 atom stereocenters. The Balaban J connectivity index is 1.98. The third-order valence-corrected chi connectivity index (χ3v) is 7.64. The first-order valence-corrected chi connectivity index (χ1v) is 12.4. The fourth-order valence-corrected chi connectivity index (χ4v) is 5.48. The number of hydrogen-bond acceptors (Lipinski definition) is 7. The minimum absolute atomic E-state index is 0.0123. The summed E-state index contributed by atoms with van der Waals surface area (Å²) in [5.74, 6) is -0.926. The van der Waals surface area contributed by atoms with Gasteiger partial charge in [-0.1, -0.05) is 23.2 Å². The fraction of sp³-hybridized carbons (Fsp3) is 0.0833. The van der Waals surface area contributed by atoms with E-state index in [4.69, 9.17) is 27.6 Å². The van der Waals surface area contributed by atoms with Gasteiger partial charge in [0.1, 0.15) is 16.4 Å². The number of aryl methyl sites for hydroxylation is 1. The van der Waals surface area contributed by atoms with E-state index in [0.717, 1.165) is 18.2 Å². The minimum atomic E-state index is -4.71. The second-order valence-electron chi connectivity index (χ2n) is 7.72. The Morgan fingerprint density at radius 2 is 1.67 bits per heavy atom. The molecule has 1 aromatic heterocycles. The molecule has 0 unspecified atom stereocenters. The van der Waals surface area contributed by atoms with Crippen LogP contribution in [0.4, 0.5) is 11.4 Å². The second-order valence-corrected chi connectivity index (χ2v) is 10.4. The number of nitro groups is 1. The molecule has 1 heterocycles. The monoisotopic (exact) mass is 546 g/mol. The number of furan rings is 1. The van der Waals surface area contributed by atoms with Gasteiger partial charge in [0.2, 0.25) is 0 Å². The van der Waals surface area contributed by atoms with Crippen molar-refractivity contribution in [2.45, 2.75) is 18.7 Å². The fourth-order valence-electron chi connectivity index (χ4n) is 3.74. The third-order valence-electron chi connectivity index (χ3n) is 5.36. The molecular formula is C24H16Cl2N2O7S. The van der Waals surface area contributed by atoms with Crippen LogP contribution in [0.15, 0.2) is 70.0 Å². The number of ketones is 1. The van der Waals surface area contributed by atoms with Crippen LogP contribution >= 0.6 is 23.2 Å². The summed E-state index contributed by atoms with van der Waals surface area (Å²) >= 11 is 11.8. The van der Waals surface area contributed by atoms with Gasteiger partial charge in [0, 0.05) is 22.0 Å². The molecule has 0 spiro atoms. The summed E-state index contributed by atoms with van der Waals surface area (Å²) in [5, 5.41) is 11.7. The average molecular weight is 547 g/mol. The molecule has 4 rings (SSSR count). The lowest BCUT2D eigenvalue weighted by atomic mass is 10.1. The number of hydrogen-bond donors (Lipinski definition) is 0. The zero-order valence-electron chi connectivity index (χ0n) is 18.7.